The molecular formula is C16H26F2N2. The van der Waals surface area contributed by atoms with E-state index < -0.39 is 11.6 Å². The van der Waals surface area contributed by atoms with Crippen LogP contribution in [0.4, 0.5) is 8.78 Å². The lowest BCUT2D eigenvalue weighted by Crippen LogP contribution is -2.28. The first-order valence-corrected chi connectivity index (χ1v) is 7.29. The molecule has 0 aliphatic rings. The third-order valence-electron chi connectivity index (χ3n) is 3.65. The smallest absolute Gasteiger partial charge is 0.126 e. The van der Waals surface area contributed by atoms with Gasteiger partial charge in [0.05, 0.1) is 0 Å². The molecule has 114 valence electrons. The van der Waals surface area contributed by atoms with Gasteiger partial charge in [0.25, 0.3) is 0 Å². The Kier molecular flexibility index (Phi) is 7.10. The van der Waals surface area contributed by atoms with Crippen LogP contribution in [0.2, 0.25) is 0 Å². The number of benzene rings is 1. The van der Waals surface area contributed by atoms with E-state index >= 15 is 0 Å². The number of halogens is 2. The van der Waals surface area contributed by atoms with Crippen LogP contribution in [0.15, 0.2) is 18.2 Å². The van der Waals surface area contributed by atoms with Crippen LogP contribution in [0.5, 0.6) is 0 Å². The predicted octanol–water partition coefficient (Wildman–Crippen LogP) is 3.74. The number of unbranched alkanes of at least 4 members (excludes halogenated alkanes) is 1. The van der Waals surface area contributed by atoms with E-state index in [-0.39, 0.29) is 6.04 Å². The molecule has 0 aliphatic heterocycles. The highest BCUT2D eigenvalue weighted by atomic mass is 19.1. The molecule has 2 nitrogen and oxygen atoms in total. The van der Waals surface area contributed by atoms with Gasteiger partial charge in [0.2, 0.25) is 0 Å². The maximum Gasteiger partial charge on any atom is 0.126 e. The third kappa shape index (κ3) is 5.97. The van der Waals surface area contributed by atoms with E-state index in [1.807, 2.05) is 6.92 Å². The van der Waals surface area contributed by atoms with Gasteiger partial charge in [-0.25, -0.2) is 8.78 Å². The molecule has 0 aromatic heterocycles. The summed E-state index contributed by atoms with van der Waals surface area (Å²) in [4.78, 5) is 2.31. The summed E-state index contributed by atoms with van der Waals surface area (Å²) < 4.78 is 26.2. The fraction of sp³-hybridized carbons (Fsp3) is 0.625. The van der Waals surface area contributed by atoms with Crippen molar-refractivity contribution in [1.82, 2.24) is 10.2 Å². The lowest BCUT2D eigenvalue weighted by Gasteiger charge is -2.21. The second kappa shape index (κ2) is 8.32. The minimum absolute atomic E-state index is 0.0389. The highest BCUT2D eigenvalue weighted by Crippen LogP contribution is 2.15. The fourth-order valence-electron chi connectivity index (χ4n) is 2.01. The largest absolute Gasteiger partial charge is 0.310 e. The molecule has 1 atom stereocenters. The molecule has 0 heterocycles. The summed E-state index contributed by atoms with van der Waals surface area (Å²) in [6, 6.07) is 4.19. The maximum atomic E-state index is 13.1. The number of hydrogen-bond donors (Lipinski definition) is 1. The molecule has 1 aromatic carbocycles. The van der Waals surface area contributed by atoms with Crippen molar-refractivity contribution in [2.24, 2.45) is 0 Å². The van der Waals surface area contributed by atoms with Gasteiger partial charge in [-0.15, -0.1) is 0 Å². The van der Waals surface area contributed by atoms with E-state index in [4.69, 9.17) is 0 Å². The molecule has 1 aromatic rings. The number of hydrogen-bond acceptors (Lipinski definition) is 2. The van der Waals surface area contributed by atoms with E-state index in [1.54, 1.807) is 0 Å². The Morgan fingerprint density at radius 3 is 2.20 bits per heavy atom. The van der Waals surface area contributed by atoms with Crippen LogP contribution in [0.25, 0.3) is 0 Å². The molecule has 1 unspecified atom stereocenters. The summed E-state index contributed by atoms with van der Waals surface area (Å²) in [5.41, 5.74) is 0.654. The Balaban J connectivity index is 2.28. The van der Waals surface area contributed by atoms with Gasteiger partial charge in [-0.3, -0.25) is 0 Å². The van der Waals surface area contributed by atoms with E-state index in [1.165, 1.54) is 12.1 Å². The molecule has 0 aliphatic carbocycles. The summed E-state index contributed by atoms with van der Waals surface area (Å²) in [5, 5.41) is 3.30. The van der Waals surface area contributed by atoms with Gasteiger partial charge in [-0.2, -0.15) is 0 Å². The molecule has 0 saturated heterocycles. The van der Waals surface area contributed by atoms with Gasteiger partial charge in [-0.1, -0.05) is 0 Å². The van der Waals surface area contributed by atoms with Gasteiger partial charge in [0.15, 0.2) is 0 Å². The topological polar surface area (TPSA) is 15.3 Å². The zero-order chi connectivity index (χ0) is 15.1. The molecule has 0 saturated carbocycles. The van der Waals surface area contributed by atoms with E-state index in [0.717, 1.165) is 32.0 Å². The van der Waals surface area contributed by atoms with Crippen molar-refractivity contribution in [3.63, 3.8) is 0 Å². The predicted molar refractivity (Wildman–Crippen MR) is 79.8 cm³/mol. The Hall–Kier alpha value is -1.00. The van der Waals surface area contributed by atoms with Crippen LogP contribution < -0.4 is 5.32 Å². The average Bonchev–Trinajstić information content (AvgIpc) is 2.36. The highest BCUT2D eigenvalue weighted by Gasteiger charge is 2.08. The zero-order valence-corrected chi connectivity index (χ0v) is 12.9. The van der Waals surface area contributed by atoms with E-state index in [2.05, 4.69) is 31.1 Å². The molecule has 0 bridgehead atoms. The van der Waals surface area contributed by atoms with Crippen molar-refractivity contribution in [2.45, 2.75) is 45.7 Å². The fourth-order valence-corrected chi connectivity index (χ4v) is 2.01. The zero-order valence-electron chi connectivity index (χ0n) is 12.9. The lowest BCUT2D eigenvalue weighted by molar-refractivity contribution is 0.267. The van der Waals surface area contributed by atoms with Crippen molar-refractivity contribution >= 4 is 0 Å². The summed E-state index contributed by atoms with van der Waals surface area (Å²) >= 11 is 0. The van der Waals surface area contributed by atoms with Crippen molar-refractivity contribution in [2.75, 3.05) is 20.1 Å². The van der Waals surface area contributed by atoms with Gasteiger partial charge in [0, 0.05) is 18.2 Å². The third-order valence-corrected chi connectivity index (χ3v) is 3.65. The maximum absolute atomic E-state index is 13.1. The van der Waals surface area contributed by atoms with Crippen LogP contribution in [-0.2, 0) is 0 Å². The Morgan fingerprint density at radius 1 is 1.05 bits per heavy atom. The Bertz CT molecular complexity index is 387. The van der Waals surface area contributed by atoms with E-state index in [9.17, 15) is 8.78 Å². The second-order valence-corrected chi connectivity index (χ2v) is 5.66. The van der Waals surface area contributed by atoms with Crippen LogP contribution in [0.3, 0.4) is 0 Å². The first-order chi connectivity index (χ1) is 9.40. The normalized spacial score (nSPS) is 13.2. The monoisotopic (exact) mass is 284 g/mol. The SMILES string of the molecule is CC(NCCCCN(C)C(C)C)c1cc(F)cc(F)c1. The molecule has 1 N–H and O–H groups in total. The first kappa shape index (κ1) is 17.1. The molecular weight excluding hydrogens is 258 g/mol. The summed E-state index contributed by atoms with van der Waals surface area (Å²) in [7, 11) is 2.12. The number of rotatable bonds is 8. The lowest BCUT2D eigenvalue weighted by atomic mass is 10.1. The summed E-state index contributed by atoms with van der Waals surface area (Å²) in [6.07, 6.45) is 2.17. The summed E-state index contributed by atoms with van der Waals surface area (Å²) in [5.74, 6) is -1.04. The molecule has 0 amide bonds. The molecule has 1 rings (SSSR count). The van der Waals surface area contributed by atoms with Gasteiger partial charge in [0.1, 0.15) is 11.6 Å². The second-order valence-electron chi connectivity index (χ2n) is 5.66. The molecule has 0 fully saturated rings. The van der Waals surface area contributed by atoms with Crippen LogP contribution in [0, 0.1) is 11.6 Å². The Labute approximate surface area is 121 Å². The van der Waals surface area contributed by atoms with Gasteiger partial charge in [-0.05, 0) is 71.4 Å². The standard InChI is InChI=1S/C16H26F2N2/c1-12(2)20(4)8-6-5-7-19-13(3)14-9-15(17)11-16(18)10-14/h9-13,19H,5-8H2,1-4H3. The molecule has 4 heteroatoms. The van der Waals surface area contributed by atoms with Gasteiger partial charge >= 0.3 is 0 Å². The van der Waals surface area contributed by atoms with Crippen LogP contribution in [-0.4, -0.2) is 31.1 Å². The van der Waals surface area contributed by atoms with Crippen molar-refractivity contribution in [3.8, 4) is 0 Å². The minimum atomic E-state index is -0.521. The van der Waals surface area contributed by atoms with Gasteiger partial charge < -0.3 is 10.2 Å². The number of nitrogens with zero attached hydrogens (tertiary/aromatic N) is 1. The molecule has 0 radical (unpaired) electrons. The van der Waals surface area contributed by atoms with Crippen LogP contribution >= 0.6 is 0 Å². The van der Waals surface area contributed by atoms with Crippen LogP contribution in [0.1, 0.15) is 45.2 Å². The van der Waals surface area contributed by atoms with Crippen molar-refractivity contribution in [1.29, 1.82) is 0 Å². The average molecular weight is 284 g/mol. The van der Waals surface area contributed by atoms with E-state index in [0.29, 0.717) is 11.6 Å². The highest BCUT2D eigenvalue weighted by molar-refractivity contribution is 5.20. The number of nitrogens with one attached hydrogen (secondary N) is 1. The summed E-state index contributed by atoms with van der Waals surface area (Å²) in [6.45, 7) is 8.21. The quantitative estimate of drug-likeness (QED) is 0.732. The Morgan fingerprint density at radius 2 is 1.65 bits per heavy atom. The first-order valence-electron chi connectivity index (χ1n) is 7.29. The van der Waals surface area contributed by atoms with Crippen molar-refractivity contribution < 1.29 is 8.78 Å². The molecule has 0 spiro atoms. The van der Waals surface area contributed by atoms with Crippen molar-refractivity contribution in [3.05, 3.63) is 35.4 Å². The molecule has 20 heavy (non-hydrogen) atoms. The minimum Gasteiger partial charge on any atom is -0.310 e.